The third-order valence-corrected chi connectivity index (χ3v) is 4.68. The van der Waals surface area contributed by atoms with Gasteiger partial charge in [-0.25, -0.2) is 18.1 Å². The quantitative estimate of drug-likeness (QED) is 0.753. The number of rotatable bonds is 5. The summed E-state index contributed by atoms with van der Waals surface area (Å²) in [5, 5.41) is 9.22. The Kier molecular flexibility index (Phi) is 4.41. The molecule has 2 heterocycles. The minimum Gasteiger partial charge on any atom is -0.372 e. The second-order valence-corrected chi connectivity index (χ2v) is 6.72. The van der Waals surface area contributed by atoms with E-state index in [0.29, 0.717) is 10.3 Å². The third kappa shape index (κ3) is 3.17. The van der Waals surface area contributed by atoms with Crippen LogP contribution in [0, 0.1) is 0 Å². The lowest BCUT2D eigenvalue weighted by Gasteiger charge is -2.14. The standard InChI is InChI=1S/C11H14BrN5O2S/c1-7(8-4-15-16-5-8)17-20(18,19)10-3-9(12)6-14-11(10)13-2/h3-7,17H,1-2H3,(H,13,14)(H,15,16). The first-order valence-corrected chi connectivity index (χ1v) is 8.06. The van der Waals surface area contributed by atoms with Gasteiger partial charge in [0.05, 0.1) is 6.20 Å². The summed E-state index contributed by atoms with van der Waals surface area (Å²) in [6, 6.07) is 1.10. The molecule has 0 saturated heterocycles. The molecule has 2 aromatic heterocycles. The highest BCUT2D eigenvalue weighted by Gasteiger charge is 2.23. The molecule has 0 aromatic carbocycles. The second kappa shape index (κ2) is 5.90. The molecule has 9 heteroatoms. The number of pyridine rings is 1. The van der Waals surface area contributed by atoms with E-state index in [-0.39, 0.29) is 4.90 Å². The number of nitrogens with one attached hydrogen (secondary N) is 3. The fourth-order valence-electron chi connectivity index (χ4n) is 1.68. The Morgan fingerprint density at radius 2 is 2.15 bits per heavy atom. The van der Waals surface area contributed by atoms with Crippen molar-refractivity contribution in [2.75, 3.05) is 12.4 Å². The zero-order valence-electron chi connectivity index (χ0n) is 10.9. The summed E-state index contributed by atoms with van der Waals surface area (Å²) < 4.78 is 28.0. The van der Waals surface area contributed by atoms with E-state index in [4.69, 9.17) is 0 Å². The molecule has 1 atom stereocenters. The highest BCUT2D eigenvalue weighted by atomic mass is 79.9. The number of halogens is 1. The number of hydrogen-bond donors (Lipinski definition) is 3. The predicted octanol–water partition coefficient (Wildman–Crippen LogP) is 1.65. The minimum atomic E-state index is -3.70. The van der Waals surface area contributed by atoms with Crippen molar-refractivity contribution in [3.8, 4) is 0 Å². The number of aromatic nitrogens is 3. The molecule has 0 amide bonds. The minimum absolute atomic E-state index is 0.0877. The number of sulfonamides is 1. The van der Waals surface area contributed by atoms with Crippen molar-refractivity contribution in [3.05, 3.63) is 34.7 Å². The van der Waals surface area contributed by atoms with E-state index in [1.165, 1.54) is 12.3 Å². The maximum atomic E-state index is 12.4. The molecule has 0 radical (unpaired) electrons. The number of hydrogen-bond acceptors (Lipinski definition) is 5. The van der Waals surface area contributed by atoms with Crippen molar-refractivity contribution >= 4 is 31.8 Å². The van der Waals surface area contributed by atoms with Gasteiger partial charge < -0.3 is 5.32 Å². The Morgan fingerprint density at radius 1 is 1.40 bits per heavy atom. The van der Waals surface area contributed by atoms with Gasteiger partial charge in [0.25, 0.3) is 0 Å². The van der Waals surface area contributed by atoms with Gasteiger partial charge in [0.1, 0.15) is 10.7 Å². The Bertz CT molecular complexity index is 687. The van der Waals surface area contributed by atoms with Gasteiger partial charge in [0.15, 0.2) is 0 Å². The molecule has 108 valence electrons. The first-order chi connectivity index (χ1) is 9.44. The molecule has 7 nitrogen and oxygen atoms in total. The predicted molar refractivity (Wildman–Crippen MR) is 78.8 cm³/mol. The molecule has 2 rings (SSSR count). The maximum Gasteiger partial charge on any atom is 0.244 e. The van der Waals surface area contributed by atoms with Crippen LogP contribution in [0.2, 0.25) is 0 Å². The van der Waals surface area contributed by atoms with Crippen molar-refractivity contribution in [1.82, 2.24) is 19.9 Å². The van der Waals surface area contributed by atoms with Gasteiger partial charge in [-0.3, -0.25) is 5.10 Å². The summed E-state index contributed by atoms with van der Waals surface area (Å²) in [6.07, 6.45) is 4.75. The number of aromatic amines is 1. The maximum absolute atomic E-state index is 12.4. The van der Waals surface area contributed by atoms with Crippen LogP contribution in [0.15, 0.2) is 34.0 Å². The van der Waals surface area contributed by atoms with Gasteiger partial charge in [-0.15, -0.1) is 0 Å². The fourth-order valence-corrected chi connectivity index (χ4v) is 3.58. The molecule has 20 heavy (non-hydrogen) atoms. The van der Waals surface area contributed by atoms with Crippen molar-refractivity contribution in [1.29, 1.82) is 0 Å². The lowest BCUT2D eigenvalue weighted by Crippen LogP contribution is -2.27. The van der Waals surface area contributed by atoms with Crippen LogP contribution in [0.5, 0.6) is 0 Å². The summed E-state index contributed by atoms with van der Waals surface area (Å²) in [5.41, 5.74) is 0.752. The first kappa shape index (κ1) is 14.9. The summed E-state index contributed by atoms with van der Waals surface area (Å²) >= 11 is 3.23. The monoisotopic (exact) mass is 359 g/mol. The molecule has 0 bridgehead atoms. The molecule has 3 N–H and O–H groups in total. The van der Waals surface area contributed by atoms with Crippen molar-refractivity contribution in [2.24, 2.45) is 0 Å². The van der Waals surface area contributed by atoms with Gasteiger partial charge >= 0.3 is 0 Å². The zero-order valence-corrected chi connectivity index (χ0v) is 13.3. The molecule has 0 spiro atoms. The lowest BCUT2D eigenvalue weighted by molar-refractivity contribution is 0.567. The van der Waals surface area contributed by atoms with E-state index < -0.39 is 16.1 Å². The molecule has 0 aliphatic carbocycles. The van der Waals surface area contributed by atoms with Crippen molar-refractivity contribution < 1.29 is 8.42 Å². The van der Waals surface area contributed by atoms with E-state index in [1.807, 2.05) is 0 Å². The topological polar surface area (TPSA) is 99.8 Å². The molecule has 2 aromatic rings. The van der Waals surface area contributed by atoms with Gasteiger partial charge in [-0.05, 0) is 28.9 Å². The number of H-pyrrole nitrogens is 1. The summed E-state index contributed by atoms with van der Waals surface area (Å²) in [6.45, 7) is 1.74. The van der Waals surface area contributed by atoms with Gasteiger partial charge in [0, 0.05) is 35.5 Å². The van der Waals surface area contributed by atoms with Crippen LogP contribution in [0.1, 0.15) is 18.5 Å². The van der Waals surface area contributed by atoms with Crippen LogP contribution in [0.25, 0.3) is 0 Å². The largest absolute Gasteiger partial charge is 0.372 e. The third-order valence-electron chi connectivity index (χ3n) is 2.70. The van der Waals surface area contributed by atoms with Crippen LogP contribution in [0.4, 0.5) is 5.82 Å². The Balaban J connectivity index is 2.33. The normalized spacial score (nSPS) is 13.2. The molecule has 0 aliphatic heterocycles. The average Bonchev–Trinajstić information content (AvgIpc) is 2.92. The van der Waals surface area contributed by atoms with Crippen LogP contribution in [-0.2, 0) is 10.0 Å². The van der Waals surface area contributed by atoms with Crippen LogP contribution in [0.3, 0.4) is 0 Å². The molecule has 1 unspecified atom stereocenters. The highest BCUT2D eigenvalue weighted by molar-refractivity contribution is 9.10. The van der Waals surface area contributed by atoms with Gasteiger partial charge in [-0.2, -0.15) is 5.10 Å². The molecule has 0 fully saturated rings. The SMILES string of the molecule is CNc1ncc(Br)cc1S(=O)(=O)NC(C)c1cn[nH]c1. The molecular formula is C11H14BrN5O2S. The van der Waals surface area contributed by atoms with E-state index >= 15 is 0 Å². The first-order valence-electron chi connectivity index (χ1n) is 5.78. The van der Waals surface area contributed by atoms with Crippen LogP contribution >= 0.6 is 15.9 Å². The van der Waals surface area contributed by atoms with Crippen LogP contribution in [-0.4, -0.2) is 30.6 Å². The number of anilines is 1. The van der Waals surface area contributed by atoms with Crippen molar-refractivity contribution in [2.45, 2.75) is 17.9 Å². The summed E-state index contributed by atoms with van der Waals surface area (Å²) in [4.78, 5) is 4.13. The summed E-state index contributed by atoms with van der Waals surface area (Å²) in [5.74, 6) is 0.292. The van der Waals surface area contributed by atoms with E-state index in [2.05, 4.69) is 41.2 Å². The fraction of sp³-hybridized carbons (Fsp3) is 0.273. The smallest absolute Gasteiger partial charge is 0.244 e. The average molecular weight is 360 g/mol. The second-order valence-electron chi connectivity index (χ2n) is 4.12. The Labute approximate surface area is 125 Å². The highest BCUT2D eigenvalue weighted by Crippen LogP contribution is 2.24. The van der Waals surface area contributed by atoms with Gasteiger partial charge in [0.2, 0.25) is 10.0 Å². The van der Waals surface area contributed by atoms with Gasteiger partial charge in [-0.1, -0.05) is 0 Å². The molecular weight excluding hydrogens is 346 g/mol. The molecule has 0 aliphatic rings. The van der Waals surface area contributed by atoms with E-state index in [1.54, 1.807) is 26.4 Å². The Hall–Kier alpha value is -1.45. The Morgan fingerprint density at radius 3 is 2.75 bits per heavy atom. The zero-order chi connectivity index (χ0) is 14.8. The van der Waals surface area contributed by atoms with E-state index in [0.717, 1.165) is 5.56 Å². The van der Waals surface area contributed by atoms with Crippen molar-refractivity contribution in [3.63, 3.8) is 0 Å². The molecule has 0 saturated carbocycles. The lowest BCUT2D eigenvalue weighted by atomic mass is 10.2. The van der Waals surface area contributed by atoms with E-state index in [9.17, 15) is 8.42 Å². The number of nitrogens with zero attached hydrogens (tertiary/aromatic N) is 2. The summed E-state index contributed by atoms with van der Waals surface area (Å²) in [7, 11) is -2.08. The van der Waals surface area contributed by atoms with Crippen LogP contribution < -0.4 is 10.0 Å².